The molecule has 1 saturated heterocycles. The number of hydrogen-bond acceptors (Lipinski definition) is 3. The van der Waals surface area contributed by atoms with E-state index in [0.717, 1.165) is 11.3 Å². The summed E-state index contributed by atoms with van der Waals surface area (Å²) < 4.78 is 5.16. The summed E-state index contributed by atoms with van der Waals surface area (Å²) in [6, 6.07) is 7.65. The van der Waals surface area contributed by atoms with E-state index < -0.39 is 5.54 Å². The van der Waals surface area contributed by atoms with Crippen molar-refractivity contribution in [3.8, 4) is 0 Å². The van der Waals surface area contributed by atoms with Crippen LogP contribution < -0.4 is 11.1 Å². The topological polar surface area (TPSA) is 64.4 Å². The standard InChI is InChI=1S/C12H16N2O2/c1-9-3-2-4-10(7-9)14-11(15)12(13)5-6-16-8-12/h2-4,7H,5-6,8,13H2,1H3,(H,14,15). The van der Waals surface area contributed by atoms with E-state index in [0.29, 0.717) is 19.6 Å². The van der Waals surface area contributed by atoms with Gasteiger partial charge in [-0.3, -0.25) is 4.79 Å². The Labute approximate surface area is 94.8 Å². The van der Waals surface area contributed by atoms with Crippen molar-refractivity contribution < 1.29 is 9.53 Å². The molecule has 1 atom stereocenters. The van der Waals surface area contributed by atoms with E-state index in [9.17, 15) is 4.79 Å². The molecule has 4 nitrogen and oxygen atoms in total. The van der Waals surface area contributed by atoms with E-state index >= 15 is 0 Å². The monoisotopic (exact) mass is 220 g/mol. The lowest BCUT2D eigenvalue weighted by atomic mass is 9.99. The Morgan fingerprint density at radius 3 is 3.00 bits per heavy atom. The molecule has 16 heavy (non-hydrogen) atoms. The average Bonchev–Trinajstić information content (AvgIpc) is 2.66. The largest absolute Gasteiger partial charge is 0.379 e. The fraction of sp³-hybridized carbons (Fsp3) is 0.417. The molecule has 86 valence electrons. The third kappa shape index (κ3) is 2.23. The number of rotatable bonds is 2. The van der Waals surface area contributed by atoms with Gasteiger partial charge in [-0.2, -0.15) is 0 Å². The molecule has 0 bridgehead atoms. The first-order valence-corrected chi connectivity index (χ1v) is 5.35. The van der Waals surface area contributed by atoms with Crippen molar-refractivity contribution in [2.45, 2.75) is 18.9 Å². The smallest absolute Gasteiger partial charge is 0.246 e. The van der Waals surface area contributed by atoms with E-state index in [4.69, 9.17) is 10.5 Å². The molecule has 1 heterocycles. The first-order chi connectivity index (χ1) is 7.60. The zero-order chi connectivity index (χ0) is 11.6. The van der Waals surface area contributed by atoms with Gasteiger partial charge in [-0.25, -0.2) is 0 Å². The van der Waals surface area contributed by atoms with Gasteiger partial charge in [0, 0.05) is 12.3 Å². The molecule has 1 aromatic rings. The number of benzene rings is 1. The Morgan fingerprint density at radius 2 is 2.38 bits per heavy atom. The highest BCUT2D eigenvalue weighted by molar-refractivity contribution is 5.98. The SMILES string of the molecule is Cc1cccc(NC(=O)C2(N)CCOC2)c1. The second kappa shape index (κ2) is 4.23. The molecule has 0 saturated carbocycles. The van der Waals surface area contributed by atoms with Crippen LogP contribution in [0.4, 0.5) is 5.69 Å². The van der Waals surface area contributed by atoms with Crippen molar-refractivity contribution in [1.82, 2.24) is 0 Å². The lowest BCUT2D eigenvalue weighted by molar-refractivity contribution is -0.121. The molecule has 0 radical (unpaired) electrons. The Morgan fingerprint density at radius 1 is 1.56 bits per heavy atom. The van der Waals surface area contributed by atoms with Crippen LogP contribution in [0.3, 0.4) is 0 Å². The van der Waals surface area contributed by atoms with Crippen molar-refractivity contribution >= 4 is 11.6 Å². The van der Waals surface area contributed by atoms with Crippen LogP contribution >= 0.6 is 0 Å². The molecule has 0 aliphatic carbocycles. The number of carbonyl (C=O) groups excluding carboxylic acids is 1. The van der Waals surface area contributed by atoms with Gasteiger partial charge in [0.25, 0.3) is 0 Å². The van der Waals surface area contributed by atoms with Crippen molar-refractivity contribution in [1.29, 1.82) is 0 Å². The molecule has 1 aliphatic rings. The maximum atomic E-state index is 11.9. The fourth-order valence-corrected chi connectivity index (χ4v) is 1.74. The van der Waals surface area contributed by atoms with E-state index in [2.05, 4.69) is 5.32 Å². The number of ether oxygens (including phenoxy) is 1. The molecule has 1 aliphatic heterocycles. The van der Waals surface area contributed by atoms with Gasteiger partial charge in [0.05, 0.1) is 6.61 Å². The Hall–Kier alpha value is -1.39. The average molecular weight is 220 g/mol. The van der Waals surface area contributed by atoms with Gasteiger partial charge in [-0.1, -0.05) is 12.1 Å². The summed E-state index contributed by atoms with van der Waals surface area (Å²) in [5, 5.41) is 2.82. The highest BCUT2D eigenvalue weighted by atomic mass is 16.5. The quantitative estimate of drug-likeness (QED) is 0.783. The van der Waals surface area contributed by atoms with Crippen LogP contribution in [0.5, 0.6) is 0 Å². The summed E-state index contributed by atoms with van der Waals surface area (Å²) >= 11 is 0. The Kier molecular flexibility index (Phi) is 2.94. The number of nitrogens with one attached hydrogen (secondary N) is 1. The molecule has 1 fully saturated rings. The highest BCUT2D eigenvalue weighted by Gasteiger charge is 2.38. The third-order valence-corrected chi connectivity index (χ3v) is 2.78. The lowest BCUT2D eigenvalue weighted by Gasteiger charge is -2.20. The molecule has 1 amide bonds. The number of hydrogen-bond donors (Lipinski definition) is 2. The zero-order valence-corrected chi connectivity index (χ0v) is 9.32. The second-order valence-corrected chi connectivity index (χ2v) is 4.28. The van der Waals surface area contributed by atoms with Gasteiger partial charge in [0.2, 0.25) is 5.91 Å². The van der Waals surface area contributed by atoms with Crippen molar-refractivity contribution in [3.05, 3.63) is 29.8 Å². The van der Waals surface area contributed by atoms with Gasteiger partial charge < -0.3 is 15.8 Å². The summed E-state index contributed by atoms with van der Waals surface area (Å²) in [7, 11) is 0. The predicted molar refractivity (Wildman–Crippen MR) is 62.2 cm³/mol. The van der Waals surface area contributed by atoms with E-state index in [1.807, 2.05) is 31.2 Å². The van der Waals surface area contributed by atoms with Crippen molar-refractivity contribution in [2.24, 2.45) is 5.73 Å². The van der Waals surface area contributed by atoms with Crippen LogP contribution in [0.1, 0.15) is 12.0 Å². The van der Waals surface area contributed by atoms with Crippen LogP contribution in [0.25, 0.3) is 0 Å². The Bertz CT molecular complexity index is 398. The fourth-order valence-electron chi connectivity index (χ4n) is 1.74. The molecule has 1 aromatic carbocycles. The minimum absolute atomic E-state index is 0.171. The van der Waals surface area contributed by atoms with E-state index in [1.54, 1.807) is 0 Å². The Balaban J connectivity index is 2.07. The third-order valence-electron chi connectivity index (χ3n) is 2.78. The summed E-state index contributed by atoms with van der Waals surface area (Å²) in [6.45, 7) is 2.83. The van der Waals surface area contributed by atoms with Crippen molar-refractivity contribution in [2.75, 3.05) is 18.5 Å². The van der Waals surface area contributed by atoms with Crippen molar-refractivity contribution in [3.63, 3.8) is 0 Å². The molecule has 0 spiro atoms. The number of amides is 1. The number of carbonyl (C=O) groups is 1. The lowest BCUT2D eigenvalue weighted by Crippen LogP contribution is -2.51. The summed E-state index contributed by atoms with van der Waals surface area (Å²) in [6.07, 6.45) is 0.574. The minimum atomic E-state index is -0.871. The van der Waals surface area contributed by atoms with Crippen LogP contribution in [0, 0.1) is 6.92 Å². The highest BCUT2D eigenvalue weighted by Crippen LogP contribution is 2.18. The zero-order valence-electron chi connectivity index (χ0n) is 9.32. The van der Waals surface area contributed by atoms with Crippen LogP contribution in [-0.2, 0) is 9.53 Å². The molecule has 3 N–H and O–H groups in total. The first-order valence-electron chi connectivity index (χ1n) is 5.35. The van der Waals surface area contributed by atoms with Gasteiger partial charge in [0.1, 0.15) is 5.54 Å². The first kappa shape index (κ1) is 11.1. The summed E-state index contributed by atoms with van der Waals surface area (Å²) in [5.74, 6) is -0.171. The second-order valence-electron chi connectivity index (χ2n) is 4.28. The van der Waals surface area contributed by atoms with E-state index in [1.165, 1.54) is 0 Å². The number of anilines is 1. The molecular formula is C12H16N2O2. The van der Waals surface area contributed by atoms with Crippen LogP contribution in [0.2, 0.25) is 0 Å². The van der Waals surface area contributed by atoms with E-state index in [-0.39, 0.29) is 5.91 Å². The maximum Gasteiger partial charge on any atom is 0.246 e. The van der Waals surface area contributed by atoms with Crippen LogP contribution in [-0.4, -0.2) is 24.7 Å². The van der Waals surface area contributed by atoms with Gasteiger partial charge in [-0.05, 0) is 31.0 Å². The van der Waals surface area contributed by atoms with Crippen LogP contribution in [0.15, 0.2) is 24.3 Å². The van der Waals surface area contributed by atoms with Gasteiger partial charge >= 0.3 is 0 Å². The number of aryl methyl sites for hydroxylation is 1. The summed E-state index contributed by atoms with van der Waals surface area (Å²) in [4.78, 5) is 11.9. The summed E-state index contributed by atoms with van der Waals surface area (Å²) in [5.41, 5.74) is 6.96. The molecule has 1 unspecified atom stereocenters. The molecule has 0 aromatic heterocycles. The molecule has 4 heteroatoms. The molecule has 2 rings (SSSR count). The van der Waals surface area contributed by atoms with Gasteiger partial charge in [0.15, 0.2) is 0 Å². The normalized spacial score (nSPS) is 24.4. The van der Waals surface area contributed by atoms with Gasteiger partial charge in [-0.15, -0.1) is 0 Å². The predicted octanol–water partition coefficient (Wildman–Crippen LogP) is 1.05. The number of nitrogens with two attached hydrogens (primary N) is 1. The maximum absolute atomic E-state index is 11.9. The molecular weight excluding hydrogens is 204 g/mol. The minimum Gasteiger partial charge on any atom is -0.379 e.